The molecule has 0 spiro atoms. The van der Waals surface area contributed by atoms with E-state index < -0.39 is 0 Å². The van der Waals surface area contributed by atoms with Crippen molar-refractivity contribution in [2.75, 3.05) is 4.90 Å². The second-order valence-electron chi connectivity index (χ2n) is 16.2. The molecule has 12 rings (SSSR count). The van der Waals surface area contributed by atoms with Crippen LogP contribution in [0.4, 0.5) is 17.1 Å². The van der Waals surface area contributed by atoms with Crippen molar-refractivity contribution >= 4 is 70.5 Å². The van der Waals surface area contributed by atoms with Crippen molar-refractivity contribution in [3.05, 3.63) is 198 Å². The van der Waals surface area contributed by atoms with Gasteiger partial charge in [-0.1, -0.05) is 129 Å². The van der Waals surface area contributed by atoms with Crippen LogP contribution in [0.5, 0.6) is 0 Å². The zero-order chi connectivity index (χ0) is 37.3. The van der Waals surface area contributed by atoms with E-state index in [0.29, 0.717) is 0 Å². The summed E-state index contributed by atoms with van der Waals surface area (Å²) in [5, 5.41) is 4.84. The smallest absolute Gasteiger partial charge is 0.137 e. The number of hydrogen-bond donors (Lipinski definition) is 0. The van der Waals surface area contributed by atoms with E-state index in [0.717, 1.165) is 39.0 Å². The number of benzene rings is 8. The molecule has 2 nitrogen and oxygen atoms in total. The van der Waals surface area contributed by atoms with Crippen LogP contribution in [0.25, 0.3) is 64.4 Å². The average Bonchev–Trinajstić information content (AvgIpc) is 3.94. The Labute approximate surface area is 329 Å². The number of furan rings is 1. The summed E-state index contributed by atoms with van der Waals surface area (Å²) in [5.74, 6) is 0. The first kappa shape index (κ1) is 31.9. The van der Waals surface area contributed by atoms with Gasteiger partial charge in [-0.05, 0) is 112 Å². The molecule has 2 aliphatic carbocycles. The lowest BCUT2D eigenvalue weighted by Gasteiger charge is -2.29. The van der Waals surface area contributed by atoms with E-state index in [4.69, 9.17) is 4.42 Å². The molecule has 8 aromatic carbocycles. The Morgan fingerprint density at radius 2 is 1.07 bits per heavy atom. The molecular weight excluding hydrogens is 699 g/mol. The summed E-state index contributed by atoms with van der Waals surface area (Å²) in [6, 6.07) is 62.9. The average molecular weight is 736 g/mol. The van der Waals surface area contributed by atoms with Crippen LogP contribution in [0.1, 0.15) is 48.6 Å². The van der Waals surface area contributed by atoms with Crippen molar-refractivity contribution in [2.45, 2.75) is 31.6 Å². The van der Waals surface area contributed by atoms with Crippen LogP contribution >= 0.6 is 11.3 Å². The second kappa shape index (κ2) is 11.3. The van der Waals surface area contributed by atoms with Gasteiger partial charge in [0.1, 0.15) is 11.2 Å². The van der Waals surface area contributed by atoms with E-state index in [2.05, 4.69) is 196 Å². The molecule has 0 unspecified atom stereocenters. The Bertz CT molecular complexity index is 3220. The van der Waals surface area contributed by atoms with Crippen LogP contribution < -0.4 is 4.90 Å². The molecular formula is C53H37NOS. The number of fused-ring (bicyclic) bond motifs is 12. The number of thiophene rings is 1. The molecule has 0 saturated carbocycles. The van der Waals surface area contributed by atoms with Crippen molar-refractivity contribution < 1.29 is 4.42 Å². The van der Waals surface area contributed by atoms with Crippen molar-refractivity contribution in [1.82, 2.24) is 0 Å². The second-order valence-corrected chi connectivity index (χ2v) is 17.3. The molecule has 266 valence electrons. The lowest BCUT2D eigenvalue weighted by molar-refractivity contribution is 0.660. The fourth-order valence-electron chi connectivity index (χ4n) is 10.2. The molecule has 2 aromatic heterocycles. The Kier molecular flexibility index (Phi) is 6.44. The summed E-state index contributed by atoms with van der Waals surface area (Å²) in [5.41, 5.74) is 16.6. The van der Waals surface area contributed by atoms with Crippen LogP contribution in [0.15, 0.2) is 174 Å². The molecule has 0 N–H and O–H groups in total. The van der Waals surface area contributed by atoms with Gasteiger partial charge >= 0.3 is 0 Å². The molecule has 0 atom stereocenters. The molecule has 0 radical (unpaired) electrons. The molecule has 0 aliphatic heterocycles. The molecule has 0 bridgehead atoms. The van der Waals surface area contributed by atoms with Gasteiger partial charge in [0.05, 0.1) is 11.1 Å². The summed E-state index contributed by atoms with van der Waals surface area (Å²) in [6.45, 7) is 7.11. The Hall–Kier alpha value is -6.42. The van der Waals surface area contributed by atoms with Crippen LogP contribution in [0.3, 0.4) is 0 Å². The van der Waals surface area contributed by atoms with Gasteiger partial charge in [0.2, 0.25) is 0 Å². The van der Waals surface area contributed by atoms with Gasteiger partial charge in [0.15, 0.2) is 0 Å². The quantitative estimate of drug-likeness (QED) is 0.179. The first-order valence-electron chi connectivity index (χ1n) is 19.5. The third-order valence-electron chi connectivity index (χ3n) is 13.0. The summed E-state index contributed by atoms with van der Waals surface area (Å²) < 4.78 is 9.33. The summed E-state index contributed by atoms with van der Waals surface area (Å²) in [7, 11) is 0. The van der Waals surface area contributed by atoms with E-state index in [1.165, 1.54) is 70.2 Å². The highest BCUT2D eigenvalue weighted by atomic mass is 32.1. The van der Waals surface area contributed by atoms with E-state index >= 15 is 0 Å². The fraction of sp³-hybridized carbons (Fsp3) is 0.0943. The minimum atomic E-state index is -0.313. The first-order chi connectivity index (χ1) is 27.4. The monoisotopic (exact) mass is 735 g/mol. The Morgan fingerprint density at radius 3 is 1.86 bits per heavy atom. The van der Waals surface area contributed by atoms with Gasteiger partial charge in [0.25, 0.3) is 0 Å². The third-order valence-corrected chi connectivity index (χ3v) is 14.1. The van der Waals surface area contributed by atoms with Gasteiger partial charge in [0, 0.05) is 47.8 Å². The highest BCUT2D eigenvalue weighted by Gasteiger charge is 2.41. The molecule has 0 fully saturated rings. The zero-order valence-corrected chi connectivity index (χ0v) is 32.2. The molecule has 0 amide bonds. The standard InChI is InChI=1S/C53H37NOS/c1-52(2)42-17-8-4-13-35(42)38-26-24-33(30-45(38)52)54(34-25-27-40-39-16-7-11-22-49(39)56-50(40)31-34)46-20-12-21-48-51(46)41-29-32(23-28-47(41)55-48)53(3)43-18-9-5-14-36(43)37-15-6-10-19-44(37)53/h4-31H,1-3H3. The SMILES string of the molecule is CC1(C)c2ccccc2-c2ccc(N(c3ccc4c(c3)sc3ccccc34)c3cccc4oc5ccc(C6(C)c7ccccc7-c7ccccc76)cc5c34)cc21. The van der Waals surface area contributed by atoms with E-state index in [-0.39, 0.29) is 10.8 Å². The largest absolute Gasteiger partial charge is 0.456 e. The fourth-order valence-corrected chi connectivity index (χ4v) is 11.3. The van der Waals surface area contributed by atoms with Crippen LogP contribution in [-0.4, -0.2) is 0 Å². The van der Waals surface area contributed by atoms with Gasteiger partial charge in [-0.2, -0.15) is 0 Å². The molecule has 0 saturated heterocycles. The maximum atomic E-state index is 6.74. The van der Waals surface area contributed by atoms with E-state index in [9.17, 15) is 0 Å². The maximum Gasteiger partial charge on any atom is 0.137 e. The topological polar surface area (TPSA) is 16.4 Å². The summed E-state index contributed by atoms with van der Waals surface area (Å²) >= 11 is 1.86. The number of nitrogens with zero attached hydrogens (tertiary/aromatic N) is 1. The third kappa shape index (κ3) is 4.21. The van der Waals surface area contributed by atoms with Crippen LogP contribution in [-0.2, 0) is 10.8 Å². The van der Waals surface area contributed by atoms with Crippen molar-refractivity contribution in [1.29, 1.82) is 0 Å². The lowest BCUT2D eigenvalue weighted by Crippen LogP contribution is -2.22. The lowest BCUT2D eigenvalue weighted by atomic mass is 9.74. The Balaban J connectivity index is 1.11. The van der Waals surface area contributed by atoms with Gasteiger partial charge in [-0.3, -0.25) is 0 Å². The predicted molar refractivity (Wildman–Crippen MR) is 236 cm³/mol. The normalized spacial score (nSPS) is 14.6. The number of hydrogen-bond acceptors (Lipinski definition) is 3. The molecule has 2 heterocycles. The summed E-state index contributed by atoms with van der Waals surface area (Å²) in [6.07, 6.45) is 0. The predicted octanol–water partition coefficient (Wildman–Crippen LogP) is 15.1. The van der Waals surface area contributed by atoms with Crippen molar-refractivity contribution in [3.8, 4) is 22.3 Å². The number of anilines is 3. The highest BCUT2D eigenvalue weighted by Crippen LogP contribution is 2.55. The molecule has 10 aromatic rings. The van der Waals surface area contributed by atoms with Crippen molar-refractivity contribution in [2.24, 2.45) is 0 Å². The molecule has 2 aliphatic rings. The molecule has 56 heavy (non-hydrogen) atoms. The highest BCUT2D eigenvalue weighted by molar-refractivity contribution is 7.25. The van der Waals surface area contributed by atoms with Crippen molar-refractivity contribution in [3.63, 3.8) is 0 Å². The van der Waals surface area contributed by atoms with Gasteiger partial charge < -0.3 is 9.32 Å². The first-order valence-corrected chi connectivity index (χ1v) is 20.3. The van der Waals surface area contributed by atoms with Gasteiger partial charge in [-0.15, -0.1) is 11.3 Å². The Morgan fingerprint density at radius 1 is 0.446 bits per heavy atom. The summed E-state index contributed by atoms with van der Waals surface area (Å²) in [4.78, 5) is 2.47. The minimum absolute atomic E-state index is 0.129. The van der Waals surface area contributed by atoms with Crippen LogP contribution in [0, 0.1) is 0 Å². The van der Waals surface area contributed by atoms with Gasteiger partial charge in [-0.25, -0.2) is 0 Å². The maximum absolute atomic E-state index is 6.74. The number of rotatable bonds is 4. The van der Waals surface area contributed by atoms with Crippen LogP contribution in [0.2, 0.25) is 0 Å². The minimum Gasteiger partial charge on any atom is -0.456 e. The zero-order valence-electron chi connectivity index (χ0n) is 31.4. The van der Waals surface area contributed by atoms with E-state index in [1.54, 1.807) is 0 Å². The molecule has 3 heteroatoms. The van der Waals surface area contributed by atoms with E-state index in [1.807, 2.05) is 11.3 Å².